The number of hydrogen-bond donors (Lipinski definition) is 5. The first-order valence-electron chi connectivity index (χ1n) is 13.1. The number of nitrogens with two attached hydrogens (primary N) is 1. The Kier molecular flexibility index (Phi) is 25.3. The Morgan fingerprint density at radius 2 is 1.22 bits per heavy atom. The lowest BCUT2D eigenvalue weighted by Gasteiger charge is -2.19. The van der Waals surface area contributed by atoms with Gasteiger partial charge in [-0.2, -0.15) is 0 Å². The summed E-state index contributed by atoms with van der Waals surface area (Å²) in [4.78, 5) is 53.5. The van der Waals surface area contributed by atoms with E-state index < -0.39 is 17.9 Å². The van der Waals surface area contributed by atoms with Crippen LogP contribution >= 0.6 is 0 Å². The summed E-state index contributed by atoms with van der Waals surface area (Å²) >= 11 is 0. The third kappa shape index (κ3) is 25.0. The maximum absolute atomic E-state index is 12.7. The molecule has 0 aliphatic heterocycles. The average molecular weight is 588 g/mol. The van der Waals surface area contributed by atoms with Crippen LogP contribution < -0.4 is 27.0 Å². The zero-order valence-electron chi connectivity index (χ0n) is 23.1. The summed E-state index contributed by atoms with van der Waals surface area (Å²) in [7, 11) is 0. The molecule has 19 nitrogen and oxygen atoms in total. The van der Waals surface area contributed by atoms with E-state index in [4.69, 9.17) is 35.7 Å². The minimum Gasteiger partial charge on any atom is -0.379 e. The SMILES string of the molecule is [N-]=[N+]=NCCOCCNC(=O)[C@H](CCCCNC(=O)COCCN=[N+]=[N-])NC(=O)COCCNC(=O)COCCN. The fraction of sp³-hybridized carbons (Fsp3) is 0.818. The van der Waals surface area contributed by atoms with Gasteiger partial charge in [0.25, 0.3) is 0 Å². The normalized spacial score (nSPS) is 11.0. The van der Waals surface area contributed by atoms with Gasteiger partial charge in [-0.05, 0) is 30.3 Å². The van der Waals surface area contributed by atoms with Crippen LogP contribution in [0.25, 0.3) is 20.9 Å². The lowest BCUT2D eigenvalue weighted by Crippen LogP contribution is -2.48. The van der Waals surface area contributed by atoms with Gasteiger partial charge >= 0.3 is 0 Å². The van der Waals surface area contributed by atoms with Crippen molar-refractivity contribution in [3.8, 4) is 0 Å². The third-order valence-electron chi connectivity index (χ3n) is 4.77. The van der Waals surface area contributed by atoms with Gasteiger partial charge in [-0.15, -0.1) is 0 Å². The number of amides is 4. The first-order chi connectivity index (χ1) is 19.9. The van der Waals surface area contributed by atoms with E-state index in [0.717, 1.165) is 0 Å². The van der Waals surface area contributed by atoms with Gasteiger partial charge in [-0.25, -0.2) is 0 Å². The molecule has 0 rings (SSSR count). The van der Waals surface area contributed by atoms with E-state index in [9.17, 15) is 19.2 Å². The predicted octanol–water partition coefficient (Wildman–Crippen LogP) is -1.36. The molecule has 6 N–H and O–H groups in total. The second-order valence-electron chi connectivity index (χ2n) is 8.07. The molecule has 0 spiro atoms. The van der Waals surface area contributed by atoms with Crippen LogP contribution in [0.1, 0.15) is 19.3 Å². The third-order valence-corrected chi connectivity index (χ3v) is 4.77. The standard InChI is InChI=1S/C22H41N11O8/c23-4-10-39-15-20(35)27-6-12-40-17-21(36)31-18(22(37)28-7-11-38-13-8-29-32-24)3-1-2-5-26-19(34)16-41-14-9-30-33-25/h18H,1-17,23H2,(H,26,34)(H,27,35)(H,28,37)(H,31,36)/t18-/m0/s1. The van der Waals surface area contributed by atoms with Crippen molar-refractivity contribution >= 4 is 23.6 Å². The van der Waals surface area contributed by atoms with E-state index in [1.807, 2.05) is 0 Å². The maximum atomic E-state index is 12.7. The van der Waals surface area contributed by atoms with Gasteiger partial charge in [-0.3, -0.25) is 19.2 Å². The van der Waals surface area contributed by atoms with Crippen molar-refractivity contribution in [1.29, 1.82) is 0 Å². The number of nitrogens with one attached hydrogen (secondary N) is 4. The van der Waals surface area contributed by atoms with Crippen LogP contribution in [0.4, 0.5) is 0 Å². The summed E-state index contributed by atoms with van der Waals surface area (Å²) in [5.74, 6) is -1.59. The Morgan fingerprint density at radius 1 is 0.683 bits per heavy atom. The van der Waals surface area contributed by atoms with Crippen LogP contribution in [-0.2, 0) is 38.1 Å². The second-order valence-corrected chi connectivity index (χ2v) is 8.07. The Balaban J connectivity index is 4.44. The number of unbranched alkanes of at least 4 members (excludes halogenated alkanes) is 1. The molecule has 0 aromatic heterocycles. The summed E-state index contributed by atoms with van der Waals surface area (Å²) in [5.41, 5.74) is 21.7. The predicted molar refractivity (Wildman–Crippen MR) is 145 cm³/mol. The lowest BCUT2D eigenvalue weighted by molar-refractivity contribution is -0.132. The van der Waals surface area contributed by atoms with Crippen molar-refractivity contribution in [1.82, 2.24) is 21.3 Å². The second kappa shape index (κ2) is 27.9. The van der Waals surface area contributed by atoms with Gasteiger partial charge < -0.3 is 45.9 Å². The number of nitrogens with zero attached hydrogens (tertiary/aromatic N) is 6. The number of carbonyl (C=O) groups is 4. The highest BCUT2D eigenvalue weighted by Gasteiger charge is 2.20. The molecule has 0 fully saturated rings. The Labute approximate surface area is 237 Å². The highest BCUT2D eigenvalue weighted by molar-refractivity contribution is 5.88. The minimum absolute atomic E-state index is 0.0784. The molecule has 1 atom stereocenters. The van der Waals surface area contributed by atoms with Crippen molar-refractivity contribution in [2.75, 3.05) is 92.1 Å². The molecule has 0 saturated carbocycles. The van der Waals surface area contributed by atoms with E-state index in [-0.39, 0.29) is 90.8 Å². The van der Waals surface area contributed by atoms with Crippen molar-refractivity contribution in [3.63, 3.8) is 0 Å². The lowest BCUT2D eigenvalue weighted by atomic mass is 10.1. The topological polar surface area (TPSA) is 277 Å². The molecule has 0 heterocycles. The molecular formula is C22H41N11O8. The molecule has 0 bridgehead atoms. The highest BCUT2D eigenvalue weighted by atomic mass is 16.5. The largest absolute Gasteiger partial charge is 0.379 e. The molecule has 0 aromatic rings. The number of azide groups is 2. The van der Waals surface area contributed by atoms with Crippen molar-refractivity contribution < 1.29 is 38.1 Å². The van der Waals surface area contributed by atoms with Crippen molar-refractivity contribution in [3.05, 3.63) is 20.9 Å². The monoisotopic (exact) mass is 587 g/mol. The van der Waals surface area contributed by atoms with Gasteiger partial charge in [0.05, 0.1) is 33.0 Å². The molecule has 0 saturated heterocycles. The fourth-order valence-corrected chi connectivity index (χ4v) is 2.92. The first kappa shape index (κ1) is 37.3. The molecule has 0 unspecified atom stereocenters. The molecule has 0 aliphatic rings. The van der Waals surface area contributed by atoms with Crippen molar-refractivity contribution in [2.24, 2.45) is 16.0 Å². The first-order valence-corrected chi connectivity index (χ1v) is 13.1. The average Bonchev–Trinajstić information content (AvgIpc) is 2.95. The van der Waals surface area contributed by atoms with Gasteiger partial charge in [0.1, 0.15) is 25.9 Å². The summed E-state index contributed by atoms with van der Waals surface area (Å²) in [6.45, 7) is 1.59. The van der Waals surface area contributed by atoms with Crippen LogP contribution in [0, 0.1) is 0 Å². The van der Waals surface area contributed by atoms with Gasteiger partial charge in [0.2, 0.25) is 23.6 Å². The maximum Gasteiger partial charge on any atom is 0.246 e. The minimum atomic E-state index is -0.853. The van der Waals surface area contributed by atoms with Crippen LogP contribution in [0.15, 0.2) is 10.2 Å². The van der Waals surface area contributed by atoms with Crippen LogP contribution in [0.5, 0.6) is 0 Å². The molecule has 4 amide bonds. The van der Waals surface area contributed by atoms with Gasteiger partial charge in [0, 0.05) is 49.1 Å². The number of ether oxygens (including phenoxy) is 4. The summed E-state index contributed by atoms with van der Waals surface area (Å²) in [6.07, 6.45) is 1.35. The summed E-state index contributed by atoms with van der Waals surface area (Å²) < 4.78 is 20.6. The highest BCUT2D eigenvalue weighted by Crippen LogP contribution is 2.02. The zero-order valence-corrected chi connectivity index (χ0v) is 23.1. The Morgan fingerprint density at radius 3 is 1.88 bits per heavy atom. The summed E-state index contributed by atoms with van der Waals surface area (Å²) in [6, 6.07) is -0.853. The zero-order chi connectivity index (χ0) is 30.4. The molecule has 41 heavy (non-hydrogen) atoms. The van der Waals surface area contributed by atoms with Crippen LogP contribution in [-0.4, -0.2) is 122 Å². The van der Waals surface area contributed by atoms with E-state index in [2.05, 4.69) is 41.3 Å². The van der Waals surface area contributed by atoms with Crippen LogP contribution in [0.3, 0.4) is 0 Å². The van der Waals surface area contributed by atoms with Crippen LogP contribution in [0.2, 0.25) is 0 Å². The molecular weight excluding hydrogens is 546 g/mol. The molecule has 0 aromatic carbocycles. The van der Waals surface area contributed by atoms with Crippen molar-refractivity contribution in [2.45, 2.75) is 25.3 Å². The molecule has 19 heteroatoms. The number of rotatable bonds is 27. The fourth-order valence-electron chi connectivity index (χ4n) is 2.92. The smallest absolute Gasteiger partial charge is 0.246 e. The number of hydrogen-bond acceptors (Lipinski definition) is 11. The Bertz CT molecular complexity index is 851. The quantitative estimate of drug-likeness (QED) is 0.0328. The molecule has 0 radical (unpaired) electrons. The summed E-state index contributed by atoms with van der Waals surface area (Å²) in [5, 5.41) is 17.2. The van der Waals surface area contributed by atoms with E-state index in [0.29, 0.717) is 32.4 Å². The van der Waals surface area contributed by atoms with Gasteiger partial charge in [0.15, 0.2) is 0 Å². The molecule has 232 valence electrons. The number of carbonyl (C=O) groups excluding carboxylic acids is 4. The molecule has 0 aliphatic carbocycles. The van der Waals surface area contributed by atoms with E-state index in [1.54, 1.807) is 0 Å². The van der Waals surface area contributed by atoms with E-state index >= 15 is 0 Å². The van der Waals surface area contributed by atoms with E-state index in [1.165, 1.54) is 0 Å². The van der Waals surface area contributed by atoms with Gasteiger partial charge in [-0.1, -0.05) is 10.2 Å². The Hall–Kier alpha value is -3.70.